The smallest absolute Gasteiger partial charge is 0.229 e. The fourth-order valence-corrected chi connectivity index (χ4v) is 5.74. The van der Waals surface area contributed by atoms with E-state index in [1.807, 2.05) is 6.92 Å². The van der Waals surface area contributed by atoms with Crippen molar-refractivity contribution in [3.05, 3.63) is 30.1 Å². The summed E-state index contributed by atoms with van der Waals surface area (Å²) in [4.78, 5) is 13.0. The zero-order chi connectivity index (χ0) is 19.5. The molecule has 3 rings (SSSR count). The quantitative estimate of drug-likeness (QED) is 0.799. The summed E-state index contributed by atoms with van der Waals surface area (Å²) in [5.41, 5.74) is 0.109. The van der Waals surface area contributed by atoms with E-state index in [0.717, 1.165) is 6.42 Å². The normalized spacial score (nSPS) is 22.8. The second-order valence-electron chi connectivity index (χ2n) is 7.49. The van der Waals surface area contributed by atoms with Gasteiger partial charge in [0.15, 0.2) is 0 Å². The fourth-order valence-electron chi connectivity index (χ4n) is 4.00. The number of benzene rings is 1. The number of hydrogen-bond acceptors (Lipinski definition) is 4. The molecule has 6 nitrogen and oxygen atoms in total. The number of hydrogen-bond donors (Lipinski definition) is 1. The van der Waals surface area contributed by atoms with Gasteiger partial charge in [0.1, 0.15) is 5.82 Å². The Morgan fingerprint density at radius 3 is 2.59 bits per heavy atom. The lowest BCUT2D eigenvalue weighted by atomic mass is 9.72. The Bertz CT molecular complexity index is 760. The molecule has 150 valence electrons. The van der Waals surface area contributed by atoms with Crippen LogP contribution in [0.15, 0.2) is 24.3 Å². The van der Waals surface area contributed by atoms with Crippen molar-refractivity contribution in [1.29, 1.82) is 0 Å². The van der Waals surface area contributed by atoms with Crippen LogP contribution in [0.4, 0.5) is 10.1 Å². The molecule has 0 aliphatic carbocycles. The van der Waals surface area contributed by atoms with Crippen molar-refractivity contribution in [2.75, 3.05) is 37.4 Å². The predicted octanol–water partition coefficient (Wildman–Crippen LogP) is 2.62. The van der Waals surface area contributed by atoms with Crippen LogP contribution in [-0.2, 0) is 19.6 Å². The van der Waals surface area contributed by atoms with E-state index in [2.05, 4.69) is 5.32 Å². The molecule has 2 aliphatic heterocycles. The van der Waals surface area contributed by atoms with Crippen LogP contribution in [0, 0.1) is 17.2 Å². The minimum Gasteiger partial charge on any atom is -0.381 e. The van der Waals surface area contributed by atoms with E-state index in [9.17, 15) is 17.6 Å². The Morgan fingerprint density at radius 1 is 1.30 bits per heavy atom. The topological polar surface area (TPSA) is 75.7 Å². The molecule has 2 saturated heterocycles. The zero-order valence-electron chi connectivity index (χ0n) is 15.6. The number of halogens is 1. The summed E-state index contributed by atoms with van der Waals surface area (Å²) in [7, 11) is -3.38. The number of rotatable bonds is 6. The van der Waals surface area contributed by atoms with Crippen molar-refractivity contribution < 1.29 is 22.3 Å². The van der Waals surface area contributed by atoms with Crippen molar-refractivity contribution in [2.45, 2.75) is 32.6 Å². The number of ether oxygens (including phenoxy) is 1. The number of sulfonamides is 1. The summed E-state index contributed by atoms with van der Waals surface area (Å²) in [5.74, 6) is -0.912. The van der Waals surface area contributed by atoms with Gasteiger partial charge >= 0.3 is 0 Å². The summed E-state index contributed by atoms with van der Waals surface area (Å²) >= 11 is 0. The van der Waals surface area contributed by atoms with Gasteiger partial charge in [0.25, 0.3) is 0 Å². The van der Waals surface area contributed by atoms with Crippen LogP contribution in [0.5, 0.6) is 0 Å². The first-order valence-electron chi connectivity index (χ1n) is 9.48. The van der Waals surface area contributed by atoms with Gasteiger partial charge in [-0.05, 0) is 43.5 Å². The standard InChI is InChI=1S/C19H27FN2O4S/c1-2-3-12-27(24,25)22-13-17(19(14-22)8-10-26-11-9-19)18(23)21-16-6-4-15(20)5-7-16/h4-7,17H,2-3,8-14H2,1H3,(H,21,23). The number of anilines is 1. The van der Waals surface area contributed by atoms with Crippen molar-refractivity contribution in [3.8, 4) is 0 Å². The molecule has 0 bridgehead atoms. The average molecular weight is 399 g/mol. The number of nitrogens with zero attached hydrogens (tertiary/aromatic N) is 1. The Morgan fingerprint density at radius 2 is 1.96 bits per heavy atom. The van der Waals surface area contributed by atoms with Crippen LogP contribution in [0.25, 0.3) is 0 Å². The maximum absolute atomic E-state index is 13.1. The first-order chi connectivity index (χ1) is 12.9. The first kappa shape index (κ1) is 20.2. The molecule has 0 radical (unpaired) electrons. The minimum absolute atomic E-state index is 0.113. The van der Waals surface area contributed by atoms with Crippen molar-refractivity contribution in [3.63, 3.8) is 0 Å². The van der Waals surface area contributed by atoms with Gasteiger partial charge in [-0.2, -0.15) is 0 Å². The highest BCUT2D eigenvalue weighted by Crippen LogP contribution is 2.45. The number of carbonyl (C=O) groups excluding carboxylic acids is 1. The third kappa shape index (κ3) is 4.50. The summed E-state index contributed by atoms with van der Waals surface area (Å²) in [6.07, 6.45) is 2.74. The van der Waals surface area contributed by atoms with Crippen LogP contribution in [0.1, 0.15) is 32.6 Å². The fraction of sp³-hybridized carbons (Fsp3) is 0.632. The lowest BCUT2D eigenvalue weighted by molar-refractivity contribution is -0.124. The maximum Gasteiger partial charge on any atom is 0.229 e. The predicted molar refractivity (Wildman–Crippen MR) is 101 cm³/mol. The Balaban J connectivity index is 1.80. The highest BCUT2D eigenvalue weighted by molar-refractivity contribution is 7.89. The van der Waals surface area contributed by atoms with E-state index < -0.39 is 21.4 Å². The maximum atomic E-state index is 13.1. The molecule has 1 spiro atoms. The molecule has 2 heterocycles. The number of amides is 1. The van der Waals surface area contributed by atoms with Crippen LogP contribution in [0.2, 0.25) is 0 Å². The first-order valence-corrected chi connectivity index (χ1v) is 11.1. The molecule has 1 N–H and O–H groups in total. The van der Waals surface area contributed by atoms with Crippen molar-refractivity contribution in [2.24, 2.45) is 11.3 Å². The van der Waals surface area contributed by atoms with E-state index in [1.165, 1.54) is 28.6 Å². The molecular formula is C19H27FN2O4S. The SMILES string of the molecule is CCCCS(=O)(=O)N1CC(C(=O)Nc2ccc(F)cc2)C2(CCOCC2)C1. The third-order valence-electron chi connectivity index (χ3n) is 5.68. The van der Waals surface area contributed by atoms with Crippen molar-refractivity contribution in [1.82, 2.24) is 4.31 Å². The highest BCUT2D eigenvalue weighted by atomic mass is 32.2. The second kappa shape index (κ2) is 8.24. The van der Waals surface area contributed by atoms with Crippen LogP contribution in [-0.4, -0.2) is 50.7 Å². The summed E-state index contributed by atoms with van der Waals surface area (Å²) in [6, 6.07) is 5.59. The number of unbranched alkanes of at least 4 members (excludes halogenated alkanes) is 1. The van der Waals surface area contributed by atoms with E-state index >= 15 is 0 Å². The molecule has 1 atom stereocenters. The van der Waals surface area contributed by atoms with Crippen LogP contribution < -0.4 is 5.32 Å². The highest BCUT2D eigenvalue weighted by Gasteiger charge is 2.53. The van der Waals surface area contributed by atoms with Crippen LogP contribution in [0.3, 0.4) is 0 Å². The van der Waals surface area contributed by atoms with Gasteiger partial charge < -0.3 is 10.1 Å². The van der Waals surface area contributed by atoms with Crippen molar-refractivity contribution >= 4 is 21.6 Å². The third-order valence-corrected chi connectivity index (χ3v) is 7.55. The molecular weight excluding hydrogens is 371 g/mol. The van der Waals surface area contributed by atoms with Gasteiger partial charge in [-0.3, -0.25) is 4.79 Å². The Kier molecular flexibility index (Phi) is 6.18. The largest absolute Gasteiger partial charge is 0.381 e. The molecule has 27 heavy (non-hydrogen) atoms. The molecule has 1 amide bonds. The molecule has 2 fully saturated rings. The Hall–Kier alpha value is -1.51. The lowest BCUT2D eigenvalue weighted by Crippen LogP contribution is -2.42. The van der Waals surface area contributed by atoms with Gasteiger partial charge in [0.05, 0.1) is 11.7 Å². The van der Waals surface area contributed by atoms with E-state index in [4.69, 9.17) is 4.74 Å². The molecule has 1 unspecified atom stereocenters. The number of nitrogens with one attached hydrogen (secondary N) is 1. The molecule has 0 aromatic heterocycles. The zero-order valence-corrected chi connectivity index (χ0v) is 16.4. The van der Waals surface area contributed by atoms with Gasteiger partial charge in [0, 0.05) is 37.4 Å². The number of carbonyl (C=O) groups is 1. The summed E-state index contributed by atoms with van der Waals surface area (Å²) in [5, 5.41) is 2.83. The monoisotopic (exact) mass is 398 g/mol. The van der Waals surface area contributed by atoms with E-state index in [0.29, 0.717) is 44.7 Å². The van der Waals surface area contributed by atoms with Crippen LogP contribution >= 0.6 is 0 Å². The Labute approximate surface area is 160 Å². The van der Waals surface area contributed by atoms with Gasteiger partial charge in [-0.25, -0.2) is 17.1 Å². The second-order valence-corrected chi connectivity index (χ2v) is 9.57. The molecule has 2 aliphatic rings. The van der Waals surface area contributed by atoms with E-state index in [1.54, 1.807) is 0 Å². The minimum atomic E-state index is -3.38. The van der Waals surface area contributed by atoms with Gasteiger partial charge in [-0.15, -0.1) is 0 Å². The van der Waals surface area contributed by atoms with Gasteiger partial charge in [-0.1, -0.05) is 13.3 Å². The van der Waals surface area contributed by atoms with E-state index in [-0.39, 0.29) is 24.0 Å². The molecule has 8 heteroatoms. The molecule has 1 aromatic rings. The average Bonchev–Trinajstić information content (AvgIpc) is 3.02. The molecule has 0 saturated carbocycles. The lowest BCUT2D eigenvalue weighted by Gasteiger charge is -2.37. The molecule has 1 aromatic carbocycles. The summed E-state index contributed by atoms with van der Waals surface area (Å²) < 4.78 is 45.4. The van der Waals surface area contributed by atoms with Gasteiger partial charge in [0.2, 0.25) is 15.9 Å². The summed E-state index contributed by atoms with van der Waals surface area (Å²) in [6.45, 7) is 3.58.